The van der Waals surface area contributed by atoms with Gasteiger partial charge in [-0.25, -0.2) is 0 Å². The third-order valence-corrected chi connectivity index (χ3v) is 5.34. The summed E-state index contributed by atoms with van der Waals surface area (Å²) in [5.74, 6) is -0.883. The Labute approximate surface area is 174 Å². The number of anilines is 1. The van der Waals surface area contributed by atoms with E-state index < -0.39 is 24.9 Å². The summed E-state index contributed by atoms with van der Waals surface area (Å²) in [6.45, 7) is 2.65. The number of carbonyl (C=O) groups excluding carboxylic acids is 2. The second kappa shape index (κ2) is 9.32. The highest BCUT2D eigenvalue weighted by atomic mass is 19.4. The average Bonchev–Trinajstić information content (AvgIpc) is 2.72. The zero-order valence-corrected chi connectivity index (χ0v) is 16.8. The fourth-order valence-electron chi connectivity index (χ4n) is 3.61. The van der Waals surface area contributed by atoms with E-state index in [1.807, 2.05) is 49.4 Å². The molecule has 1 aliphatic heterocycles. The van der Waals surface area contributed by atoms with Crippen LogP contribution in [0.4, 0.5) is 18.9 Å². The third-order valence-electron chi connectivity index (χ3n) is 5.34. The summed E-state index contributed by atoms with van der Waals surface area (Å²) < 4.78 is 36.8. The molecule has 0 saturated carbocycles. The zero-order valence-electron chi connectivity index (χ0n) is 16.8. The standard InChI is InChI=1S/C23H25F3N2O2/c1-16-3-2-4-19(15-16)17-5-7-20(8-6-17)27-22(30)18-10-13-28(14-11-18)21(29)9-12-23(24,25)26/h2-8,15,18H,9-14H2,1H3,(H,27,30). The maximum Gasteiger partial charge on any atom is 0.389 e. The number of carbonyl (C=O) groups is 2. The van der Waals surface area contributed by atoms with Crippen LogP contribution in [-0.4, -0.2) is 36.0 Å². The highest BCUT2D eigenvalue weighted by Gasteiger charge is 2.31. The summed E-state index contributed by atoms with van der Waals surface area (Å²) in [4.78, 5) is 25.9. The molecule has 4 nitrogen and oxygen atoms in total. The quantitative estimate of drug-likeness (QED) is 0.727. The first-order valence-electron chi connectivity index (χ1n) is 10.0. The molecule has 160 valence electrons. The maximum atomic E-state index is 12.5. The average molecular weight is 418 g/mol. The molecule has 1 aliphatic rings. The number of piperidine rings is 1. The molecule has 0 aromatic heterocycles. The van der Waals surface area contributed by atoms with E-state index in [9.17, 15) is 22.8 Å². The van der Waals surface area contributed by atoms with Crippen LogP contribution in [0.5, 0.6) is 0 Å². The molecule has 0 unspecified atom stereocenters. The number of hydrogen-bond acceptors (Lipinski definition) is 2. The van der Waals surface area contributed by atoms with E-state index >= 15 is 0 Å². The first kappa shape index (κ1) is 21.9. The lowest BCUT2D eigenvalue weighted by molar-refractivity contribution is -0.150. The van der Waals surface area contributed by atoms with Crippen molar-refractivity contribution >= 4 is 17.5 Å². The number of hydrogen-bond donors (Lipinski definition) is 1. The Morgan fingerprint density at radius 1 is 1.03 bits per heavy atom. The van der Waals surface area contributed by atoms with Crippen LogP contribution < -0.4 is 5.32 Å². The number of nitrogens with one attached hydrogen (secondary N) is 1. The van der Waals surface area contributed by atoms with Crippen molar-refractivity contribution in [1.29, 1.82) is 0 Å². The van der Waals surface area contributed by atoms with Crippen LogP contribution >= 0.6 is 0 Å². The van der Waals surface area contributed by atoms with Crippen LogP contribution in [0.15, 0.2) is 48.5 Å². The van der Waals surface area contributed by atoms with Gasteiger partial charge in [0.15, 0.2) is 0 Å². The lowest BCUT2D eigenvalue weighted by Gasteiger charge is -2.31. The fraction of sp³-hybridized carbons (Fsp3) is 0.391. The summed E-state index contributed by atoms with van der Waals surface area (Å²) >= 11 is 0. The van der Waals surface area contributed by atoms with Gasteiger partial charge in [-0.05, 0) is 43.0 Å². The number of nitrogens with zero attached hydrogens (tertiary/aromatic N) is 1. The smallest absolute Gasteiger partial charge is 0.343 e. The molecular weight excluding hydrogens is 393 g/mol. The zero-order chi connectivity index (χ0) is 21.7. The van der Waals surface area contributed by atoms with Crippen molar-refractivity contribution in [2.24, 2.45) is 5.92 Å². The van der Waals surface area contributed by atoms with Gasteiger partial charge in [-0.2, -0.15) is 13.2 Å². The molecule has 1 heterocycles. The third kappa shape index (κ3) is 6.08. The second-order valence-electron chi connectivity index (χ2n) is 7.71. The minimum Gasteiger partial charge on any atom is -0.343 e. The highest BCUT2D eigenvalue weighted by Crippen LogP contribution is 2.25. The van der Waals surface area contributed by atoms with Gasteiger partial charge in [-0.3, -0.25) is 9.59 Å². The van der Waals surface area contributed by atoms with E-state index in [-0.39, 0.29) is 11.8 Å². The molecular formula is C23H25F3N2O2. The van der Waals surface area contributed by atoms with Gasteiger partial charge in [0.2, 0.25) is 11.8 Å². The van der Waals surface area contributed by atoms with E-state index in [4.69, 9.17) is 0 Å². The molecule has 0 spiro atoms. The minimum atomic E-state index is -4.33. The van der Waals surface area contributed by atoms with Crippen LogP contribution in [0.3, 0.4) is 0 Å². The van der Waals surface area contributed by atoms with Crippen LogP contribution in [0, 0.1) is 12.8 Å². The molecule has 1 N–H and O–H groups in total. The molecule has 0 aliphatic carbocycles. The molecule has 30 heavy (non-hydrogen) atoms. The maximum absolute atomic E-state index is 12.5. The Morgan fingerprint density at radius 3 is 2.30 bits per heavy atom. The van der Waals surface area contributed by atoms with Crippen molar-refractivity contribution in [1.82, 2.24) is 4.90 Å². The largest absolute Gasteiger partial charge is 0.389 e. The van der Waals surface area contributed by atoms with Gasteiger partial charge < -0.3 is 10.2 Å². The number of benzene rings is 2. The number of rotatable bonds is 5. The molecule has 2 amide bonds. The topological polar surface area (TPSA) is 49.4 Å². The predicted octanol–water partition coefficient (Wildman–Crippen LogP) is 5.18. The summed E-state index contributed by atoms with van der Waals surface area (Å²) in [6, 6.07) is 15.8. The molecule has 0 atom stereocenters. The van der Waals surface area contributed by atoms with Crippen molar-refractivity contribution in [2.45, 2.75) is 38.8 Å². The van der Waals surface area contributed by atoms with Crippen LogP contribution in [-0.2, 0) is 9.59 Å². The van der Waals surface area contributed by atoms with Gasteiger partial charge in [-0.1, -0.05) is 42.0 Å². The first-order valence-corrected chi connectivity index (χ1v) is 10.0. The van der Waals surface area contributed by atoms with E-state index in [1.165, 1.54) is 10.5 Å². The van der Waals surface area contributed by atoms with Gasteiger partial charge in [0, 0.05) is 31.1 Å². The van der Waals surface area contributed by atoms with Gasteiger partial charge in [0.25, 0.3) is 0 Å². The number of aryl methyl sites for hydroxylation is 1. The summed E-state index contributed by atoms with van der Waals surface area (Å²) in [5, 5.41) is 2.90. The fourth-order valence-corrected chi connectivity index (χ4v) is 3.61. The second-order valence-corrected chi connectivity index (χ2v) is 7.71. The Morgan fingerprint density at radius 2 is 1.70 bits per heavy atom. The van der Waals surface area contributed by atoms with Crippen LogP contribution in [0.25, 0.3) is 11.1 Å². The Hall–Kier alpha value is -2.83. The van der Waals surface area contributed by atoms with Crippen molar-refractivity contribution < 1.29 is 22.8 Å². The van der Waals surface area contributed by atoms with Gasteiger partial charge in [0.1, 0.15) is 0 Å². The van der Waals surface area contributed by atoms with Crippen LogP contribution in [0.1, 0.15) is 31.2 Å². The summed E-state index contributed by atoms with van der Waals surface area (Å²) in [5.41, 5.74) is 4.03. The molecule has 0 bridgehead atoms. The van der Waals surface area contributed by atoms with Crippen molar-refractivity contribution in [3.63, 3.8) is 0 Å². The Kier molecular flexibility index (Phi) is 6.80. The molecule has 1 saturated heterocycles. The van der Waals surface area contributed by atoms with Crippen molar-refractivity contribution in [3.05, 3.63) is 54.1 Å². The van der Waals surface area contributed by atoms with Gasteiger partial charge >= 0.3 is 6.18 Å². The Bertz CT molecular complexity index is 886. The molecule has 0 radical (unpaired) electrons. The molecule has 2 aromatic carbocycles. The monoisotopic (exact) mass is 418 g/mol. The lowest BCUT2D eigenvalue weighted by Crippen LogP contribution is -2.41. The number of likely N-dealkylation sites (tertiary alicyclic amines) is 1. The number of amides is 2. The van der Waals surface area contributed by atoms with E-state index in [0.717, 1.165) is 11.1 Å². The van der Waals surface area contributed by atoms with Crippen molar-refractivity contribution in [3.8, 4) is 11.1 Å². The van der Waals surface area contributed by atoms with Gasteiger partial charge in [-0.15, -0.1) is 0 Å². The van der Waals surface area contributed by atoms with E-state index in [2.05, 4.69) is 11.4 Å². The predicted molar refractivity (Wildman–Crippen MR) is 110 cm³/mol. The lowest BCUT2D eigenvalue weighted by atomic mass is 9.95. The Balaban J connectivity index is 1.49. The highest BCUT2D eigenvalue weighted by molar-refractivity contribution is 5.93. The van der Waals surface area contributed by atoms with Gasteiger partial charge in [0.05, 0.1) is 6.42 Å². The SMILES string of the molecule is Cc1cccc(-c2ccc(NC(=O)C3CCN(C(=O)CCC(F)(F)F)CC3)cc2)c1. The van der Waals surface area contributed by atoms with E-state index in [1.54, 1.807) is 0 Å². The van der Waals surface area contributed by atoms with Crippen molar-refractivity contribution in [2.75, 3.05) is 18.4 Å². The summed E-state index contributed by atoms with van der Waals surface area (Å²) in [7, 11) is 0. The molecule has 7 heteroatoms. The van der Waals surface area contributed by atoms with Crippen LogP contribution in [0.2, 0.25) is 0 Å². The molecule has 2 aromatic rings. The number of halogens is 3. The number of alkyl halides is 3. The molecule has 1 fully saturated rings. The first-order chi connectivity index (χ1) is 14.2. The summed E-state index contributed by atoms with van der Waals surface area (Å²) in [6.07, 6.45) is -5.07. The normalized spacial score (nSPS) is 15.1. The van der Waals surface area contributed by atoms with E-state index in [0.29, 0.717) is 31.6 Å². The minimum absolute atomic E-state index is 0.124. The molecule has 3 rings (SSSR count).